The van der Waals surface area contributed by atoms with E-state index in [1.807, 2.05) is 0 Å². The van der Waals surface area contributed by atoms with E-state index in [0.717, 1.165) is 135 Å². The number of benzene rings is 7. The van der Waals surface area contributed by atoms with Crippen LogP contribution in [0.2, 0.25) is 0 Å². The van der Waals surface area contributed by atoms with Gasteiger partial charge in [-0.15, -0.1) is 0 Å². The molecule has 0 saturated carbocycles. The normalized spacial score (nSPS) is 11.4. The Labute approximate surface area is 432 Å². The molecule has 75 heavy (non-hydrogen) atoms. The highest BCUT2D eigenvalue weighted by Crippen LogP contribution is 2.37. The Hall–Kier alpha value is -10.2. The maximum Gasteiger partial charge on any atom is 0.0927 e. The Kier molecular flexibility index (Phi) is 11.2. The van der Waals surface area contributed by atoms with Gasteiger partial charge in [-0.3, -0.25) is 30.6 Å². The van der Waals surface area contributed by atoms with Gasteiger partial charge in [0.05, 0.1) is 68.3 Å². The molecule has 12 nitrogen and oxygen atoms in total. The molecular weight excluding hydrogens is 925 g/mol. The molecule has 0 amide bonds. The number of rotatable bonds is 12. The van der Waals surface area contributed by atoms with Crippen molar-refractivity contribution in [2.75, 3.05) is 0 Å². The smallest absolute Gasteiger partial charge is 0.0927 e. The molecule has 13 aromatic rings. The summed E-state index contributed by atoms with van der Waals surface area (Å²) in [4.78, 5) is 0. The number of hydrogen-bond donors (Lipinski definition) is 6. The van der Waals surface area contributed by atoms with Crippen LogP contribution in [0, 0.1) is 20.8 Å². The highest BCUT2D eigenvalue weighted by Gasteiger charge is 2.18. The van der Waals surface area contributed by atoms with Gasteiger partial charge >= 0.3 is 0 Å². The number of aromatic amines is 6. The summed E-state index contributed by atoms with van der Waals surface area (Å²) < 4.78 is 0. The molecule has 0 radical (unpaired) electrons. The van der Waals surface area contributed by atoms with Crippen molar-refractivity contribution in [1.29, 1.82) is 0 Å². The van der Waals surface area contributed by atoms with Gasteiger partial charge in [0.1, 0.15) is 0 Å². The Morgan fingerprint density at radius 1 is 0.200 bits per heavy atom. The third-order valence-electron chi connectivity index (χ3n) is 13.7. The number of nitrogens with one attached hydrogen (secondary N) is 6. The van der Waals surface area contributed by atoms with Gasteiger partial charge in [-0.1, -0.05) is 126 Å². The van der Waals surface area contributed by atoms with E-state index < -0.39 is 0 Å². The zero-order valence-electron chi connectivity index (χ0n) is 41.2. The molecule has 6 aromatic heterocycles. The summed E-state index contributed by atoms with van der Waals surface area (Å²) in [5.41, 5.74) is 26.0. The van der Waals surface area contributed by atoms with Gasteiger partial charge in [-0.25, -0.2) is 0 Å². The first-order valence-corrected chi connectivity index (χ1v) is 24.8. The van der Waals surface area contributed by atoms with E-state index in [1.165, 1.54) is 16.7 Å². The highest BCUT2D eigenvalue weighted by atomic mass is 15.1. The number of H-pyrrole nitrogens is 6. The van der Waals surface area contributed by atoms with Crippen LogP contribution in [0.4, 0.5) is 0 Å². The second-order valence-electron chi connectivity index (χ2n) is 19.2. The van der Waals surface area contributed by atoms with Gasteiger partial charge < -0.3 is 0 Å². The summed E-state index contributed by atoms with van der Waals surface area (Å²) in [6, 6.07) is 69.2. The van der Waals surface area contributed by atoms with Crippen molar-refractivity contribution in [1.82, 2.24) is 61.2 Å². The van der Waals surface area contributed by atoms with Crippen molar-refractivity contribution in [3.8, 4) is 135 Å². The molecule has 7 aromatic carbocycles. The fraction of sp³-hybridized carbons (Fsp3) is 0.0476. The van der Waals surface area contributed by atoms with E-state index in [-0.39, 0.29) is 0 Å². The molecule has 360 valence electrons. The van der Waals surface area contributed by atoms with Crippen LogP contribution in [0.5, 0.6) is 0 Å². The molecule has 12 heteroatoms. The molecule has 0 saturated heterocycles. The van der Waals surface area contributed by atoms with Crippen molar-refractivity contribution >= 4 is 0 Å². The fourth-order valence-corrected chi connectivity index (χ4v) is 9.75. The summed E-state index contributed by atoms with van der Waals surface area (Å²) in [6.45, 7) is 6.29. The average molecular weight is 973 g/mol. The van der Waals surface area contributed by atoms with Gasteiger partial charge in [-0.05, 0) is 128 Å². The monoisotopic (exact) mass is 972 g/mol. The van der Waals surface area contributed by atoms with Crippen LogP contribution in [-0.4, -0.2) is 61.2 Å². The molecule has 6 N–H and O–H groups in total. The summed E-state index contributed by atoms with van der Waals surface area (Å²) in [5, 5.41) is 48.5. The van der Waals surface area contributed by atoms with Crippen LogP contribution in [0.3, 0.4) is 0 Å². The predicted molar refractivity (Wildman–Crippen MR) is 299 cm³/mol. The Bertz CT molecular complexity index is 3770. The zero-order valence-corrected chi connectivity index (χ0v) is 41.2. The topological polar surface area (TPSA) is 172 Å². The molecular formula is C63H48N12. The SMILES string of the molecule is Cc1cccc(-c2cc(-c3cccc(-c4cc(-c5cc(-c6cc(-c7cccc(-c8cc(-c9cccc(C)c9)[nH]n8)c7)[nH]n6)cc(-c6cc(-c7cccc(-c8cc(-c9cccc(C)c9)[nH]n8)c7)[nH]n6)c5)n[nH]4)c3)n[nH]2)c1. The quantitative estimate of drug-likeness (QED) is 0.0711. The van der Waals surface area contributed by atoms with Crippen LogP contribution < -0.4 is 0 Å². The minimum absolute atomic E-state index is 0.778. The fourth-order valence-electron chi connectivity index (χ4n) is 9.75. The van der Waals surface area contributed by atoms with Gasteiger partial charge in [0.25, 0.3) is 0 Å². The molecule has 13 rings (SSSR count). The Balaban J connectivity index is 0.833. The molecule has 0 bridgehead atoms. The maximum atomic E-state index is 4.90. The number of hydrogen-bond acceptors (Lipinski definition) is 6. The second kappa shape index (κ2) is 18.8. The van der Waals surface area contributed by atoms with E-state index >= 15 is 0 Å². The van der Waals surface area contributed by atoms with Crippen molar-refractivity contribution in [2.24, 2.45) is 0 Å². The van der Waals surface area contributed by atoms with E-state index in [1.54, 1.807) is 0 Å². The maximum absolute atomic E-state index is 4.90. The van der Waals surface area contributed by atoms with Gasteiger partial charge in [0.2, 0.25) is 0 Å². The molecule has 0 aliphatic heterocycles. The molecule has 0 aliphatic rings. The minimum atomic E-state index is 0.778. The van der Waals surface area contributed by atoms with E-state index in [2.05, 4.69) is 267 Å². The zero-order chi connectivity index (χ0) is 50.4. The molecule has 0 spiro atoms. The van der Waals surface area contributed by atoms with Crippen molar-refractivity contribution in [2.45, 2.75) is 20.8 Å². The second-order valence-corrected chi connectivity index (χ2v) is 19.2. The van der Waals surface area contributed by atoms with Crippen LogP contribution in [0.1, 0.15) is 16.7 Å². The standard InChI is InChI=1S/C63H48N12/c1-37-10-4-13-40(22-37)52-31-55(67-64-52)43-16-7-19-46(25-43)58-34-61(73-70-58)49-28-50(62-35-59(71-74-62)47-20-8-17-44(26-47)56-32-53(65-68-56)41-14-5-11-38(2)23-41)30-51(29-49)63-36-60(72-75-63)48-21-9-18-45(27-48)57-33-54(66-69-57)42-15-6-12-39(3)24-42/h4-36H,1-3H3,(H,64,67)(H,65,68)(H,66,69)(H,70,73)(H,71,74)(H,72,75). The minimum Gasteiger partial charge on any atom is -0.277 e. The van der Waals surface area contributed by atoms with Crippen LogP contribution >= 0.6 is 0 Å². The molecule has 0 unspecified atom stereocenters. The predicted octanol–water partition coefficient (Wildman–Crippen LogP) is 15.0. The van der Waals surface area contributed by atoms with Gasteiger partial charge in [-0.2, -0.15) is 30.6 Å². The molecule has 0 atom stereocenters. The lowest BCUT2D eigenvalue weighted by atomic mass is 9.98. The van der Waals surface area contributed by atoms with E-state index in [4.69, 9.17) is 15.3 Å². The van der Waals surface area contributed by atoms with Crippen molar-refractivity contribution in [3.63, 3.8) is 0 Å². The summed E-state index contributed by atoms with van der Waals surface area (Å²) in [5.74, 6) is 0. The lowest BCUT2D eigenvalue weighted by Gasteiger charge is -2.06. The Morgan fingerprint density at radius 3 is 0.627 bits per heavy atom. The third-order valence-corrected chi connectivity index (χ3v) is 13.7. The van der Waals surface area contributed by atoms with Crippen LogP contribution in [0.25, 0.3) is 135 Å². The molecule has 0 fully saturated rings. The first-order valence-electron chi connectivity index (χ1n) is 24.8. The summed E-state index contributed by atoms with van der Waals surface area (Å²) in [6.07, 6.45) is 0. The molecule has 6 heterocycles. The first-order chi connectivity index (χ1) is 36.8. The highest BCUT2D eigenvalue weighted by molar-refractivity contribution is 5.84. The number of aromatic nitrogens is 12. The van der Waals surface area contributed by atoms with Crippen LogP contribution in [-0.2, 0) is 0 Å². The Morgan fingerprint density at radius 2 is 0.387 bits per heavy atom. The summed E-state index contributed by atoms with van der Waals surface area (Å²) in [7, 11) is 0. The van der Waals surface area contributed by atoms with Gasteiger partial charge in [0, 0.05) is 50.1 Å². The van der Waals surface area contributed by atoms with Crippen molar-refractivity contribution < 1.29 is 0 Å². The molecule has 0 aliphatic carbocycles. The van der Waals surface area contributed by atoms with E-state index in [0.29, 0.717) is 0 Å². The van der Waals surface area contributed by atoms with Gasteiger partial charge in [0.15, 0.2) is 0 Å². The van der Waals surface area contributed by atoms with Crippen LogP contribution in [0.15, 0.2) is 200 Å². The first kappa shape index (κ1) is 44.7. The summed E-state index contributed by atoms with van der Waals surface area (Å²) >= 11 is 0. The lowest BCUT2D eigenvalue weighted by Crippen LogP contribution is -1.87. The largest absolute Gasteiger partial charge is 0.277 e. The third kappa shape index (κ3) is 9.08. The van der Waals surface area contributed by atoms with Crippen molar-refractivity contribution in [3.05, 3.63) is 217 Å². The van der Waals surface area contributed by atoms with E-state index in [9.17, 15) is 0 Å². The average Bonchev–Trinajstić information content (AvgIpc) is 4.32. The number of nitrogens with zero attached hydrogens (tertiary/aromatic N) is 6. The lowest BCUT2D eigenvalue weighted by molar-refractivity contribution is 1.09. The number of aryl methyl sites for hydroxylation is 3.